The van der Waals surface area contributed by atoms with Gasteiger partial charge in [0.25, 0.3) is 0 Å². The Morgan fingerprint density at radius 3 is 2.52 bits per heavy atom. The second-order valence-corrected chi connectivity index (χ2v) is 9.38. The minimum Gasteiger partial charge on any atom is -0.382 e. The average molecular weight is 427 g/mol. The summed E-state index contributed by atoms with van der Waals surface area (Å²) >= 11 is 11.9. The first-order valence-corrected chi connectivity index (χ1v) is 10.8. The highest BCUT2D eigenvalue weighted by atomic mass is 35.5. The molecule has 0 fully saturated rings. The van der Waals surface area contributed by atoms with Gasteiger partial charge in [-0.05, 0) is 51.0 Å². The van der Waals surface area contributed by atoms with Gasteiger partial charge in [0.05, 0.1) is 21.2 Å². The minimum absolute atomic E-state index is 0.0357. The number of hydrogen-bond acceptors (Lipinski definition) is 5. The number of fused-ring (bicyclic) bond motifs is 1. The van der Waals surface area contributed by atoms with Gasteiger partial charge < -0.3 is 10.3 Å². The Labute approximate surface area is 168 Å². The molecule has 0 unspecified atom stereocenters. The number of imidazole rings is 1. The van der Waals surface area contributed by atoms with Crippen molar-refractivity contribution in [1.29, 1.82) is 0 Å². The molecule has 0 amide bonds. The minimum atomic E-state index is -3.51. The van der Waals surface area contributed by atoms with Crippen molar-refractivity contribution in [2.45, 2.75) is 38.6 Å². The summed E-state index contributed by atoms with van der Waals surface area (Å²) in [5.74, 6) is 1.12. The number of nitrogens with two attached hydrogens (primary N) is 1. The first-order valence-electron chi connectivity index (χ1n) is 8.39. The highest BCUT2D eigenvalue weighted by Crippen LogP contribution is 2.28. The van der Waals surface area contributed by atoms with E-state index in [4.69, 9.17) is 28.9 Å². The fourth-order valence-corrected chi connectivity index (χ4v) is 5.26. The van der Waals surface area contributed by atoms with Crippen LogP contribution in [0, 0.1) is 20.8 Å². The van der Waals surface area contributed by atoms with Crippen LogP contribution in [0.5, 0.6) is 0 Å². The van der Waals surface area contributed by atoms with Crippen molar-refractivity contribution in [3.8, 4) is 0 Å². The molecule has 2 aromatic heterocycles. The SMILES string of the molecule is Cc1nc(N)c2nc(C)n(CCCS(=O)(=O)c3ccc(Cl)cc3Cl)c2c1C. The molecule has 0 aliphatic rings. The smallest absolute Gasteiger partial charge is 0.179 e. The van der Waals surface area contributed by atoms with Crippen LogP contribution in [0.2, 0.25) is 10.0 Å². The van der Waals surface area contributed by atoms with Crippen molar-refractivity contribution in [2.75, 3.05) is 11.5 Å². The maximum absolute atomic E-state index is 12.6. The zero-order valence-corrected chi connectivity index (χ0v) is 17.6. The molecular formula is C18H20Cl2N4O2S. The third kappa shape index (κ3) is 3.77. The fraction of sp³-hybridized carbons (Fsp3) is 0.333. The molecule has 0 saturated heterocycles. The Bertz CT molecular complexity index is 1140. The molecule has 3 rings (SSSR count). The number of aromatic nitrogens is 3. The topological polar surface area (TPSA) is 90.9 Å². The monoisotopic (exact) mass is 426 g/mol. The quantitative estimate of drug-likeness (QED) is 0.662. The average Bonchev–Trinajstić information content (AvgIpc) is 2.90. The number of nitrogen functional groups attached to an aromatic ring is 1. The number of aryl methyl sites for hydroxylation is 4. The number of halogens is 2. The van der Waals surface area contributed by atoms with Gasteiger partial charge in [-0.1, -0.05) is 23.2 Å². The third-order valence-electron chi connectivity index (χ3n) is 4.61. The van der Waals surface area contributed by atoms with Gasteiger partial charge in [0.2, 0.25) is 0 Å². The molecule has 9 heteroatoms. The van der Waals surface area contributed by atoms with Crippen LogP contribution < -0.4 is 5.73 Å². The van der Waals surface area contributed by atoms with E-state index >= 15 is 0 Å². The first kappa shape index (κ1) is 19.9. The zero-order chi connectivity index (χ0) is 19.9. The van der Waals surface area contributed by atoms with E-state index in [0.717, 1.165) is 22.6 Å². The molecule has 0 aliphatic heterocycles. The van der Waals surface area contributed by atoms with E-state index in [1.165, 1.54) is 18.2 Å². The van der Waals surface area contributed by atoms with Gasteiger partial charge in [0.15, 0.2) is 15.7 Å². The van der Waals surface area contributed by atoms with E-state index in [2.05, 4.69) is 9.97 Å². The van der Waals surface area contributed by atoms with Crippen LogP contribution >= 0.6 is 23.2 Å². The fourth-order valence-electron chi connectivity index (χ4n) is 3.14. The first-order chi connectivity index (χ1) is 12.6. The Morgan fingerprint density at radius 2 is 1.85 bits per heavy atom. The van der Waals surface area contributed by atoms with Gasteiger partial charge in [-0.3, -0.25) is 0 Å². The van der Waals surface area contributed by atoms with E-state index in [-0.39, 0.29) is 15.7 Å². The standard InChI is InChI=1S/C18H20Cl2N4O2S/c1-10-11(2)22-18(21)16-17(10)24(12(3)23-16)7-4-8-27(25,26)15-6-5-13(19)9-14(15)20/h5-6,9H,4,7-8H2,1-3H3,(H2,21,22). The van der Waals surface area contributed by atoms with Crippen molar-refractivity contribution in [1.82, 2.24) is 14.5 Å². The predicted octanol–water partition coefficient (Wildman–Crippen LogP) is 4.11. The van der Waals surface area contributed by atoms with Crippen molar-refractivity contribution in [3.05, 3.63) is 45.3 Å². The molecule has 27 heavy (non-hydrogen) atoms. The van der Waals surface area contributed by atoms with Gasteiger partial charge in [-0.15, -0.1) is 0 Å². The molecule has 2 N–H and O–H groups in total. The summed E-state index contributed by atoms with van der Waals surface area (Å²) in [4.78, 5) is 8.91. The molecule has 0 radical (unpaired) electrons. The van der Waals surface area contributed by atoms with Gasteiger partial charge in [-0.25, -0.2) is 18.4 Å². The van der Waals surface area contributed by atoms with Gasteiger partial charge in [0.1, 0.15) is 11.3 Å². The molecule has 0 aliphatic carbocycles. The second-order valence-electron chi connectivity index (χ2n) is 6.46. The summed E-state index contributed by atoms with van der Waals surface area (Å²) in [6.45, 7) is 6.23. The molecule has 144 valence electrons. The van der Waals surface area contributed by atoms with Gasteiger partial charge in [-0.2, -0.15) is 0 Å². The van der Waals surface area contributed by atoms with E-state index in [9.17, 15) is 8.42 Å². The van der Waals surface area contributed by atoms with Crippen LogP contribution in [0.4, 0.5) is 5.82 Å². The number of benzene rings is 1. The Morgan fingerprint density at radius 1 is 1.15 bits per heavy atom. The third-order valence-corrected chi connectivity index (χ3v) is 7.12. The summed E-state index contributed by atoms with van der Waals surface area (Å²) in [6, 6.07) is 4.40. The Kier molecular flexibility index (Phi) is 5.38. The molecule has 2 heterocycles. The number of anilines is 1. The predicted molar refractivity (Wildman–Crippen MR) is 109 cm³/mol. The maximum atomic E-state index is 12.6. The van der Waals surface area contributed by atoms with E-state index in [0.29, 0.717) is 29.3 Å². The summed E-state index contributed by atoms with van der Waals surface area (Å²) in [5.41, 5.74) is 9.38. The zero-order valence-electron chi connectivity index (χ0n) is 15.3. The number of hydrogen-bond donors (Lipinski definition) is 1. The molecule has 3 aromatic rings. The van der Waals surface area contributed by atoms with E-state index in [1.807, 2.05) is 25.3 Å². The lowest BCUT2D eigenvalue weighted by molar-refractivity contribution is 0.586. The number of pyridine rings is 1. The number of sulfone groups is 1. The Balaban J connectivity index is 1.86. The van der Waals surface area contributed by atoms with Crippen molar-refractivity contribution in [3.63, 3.8) is 0 Å². The van der Waals surface area contributed by atoms with E-state index < -0.39 is 9.84 Å². The van der Waals surface area contributed by atoms with Crippen LogP contribution in [-0.2, 0) is 16.4 Å². The molecule has 6 nitrogen and oxygen atoms in total. The molecule has 0 spiro atoms. The highest BCUT2D eigenvalue weighted by molar-refractivity contribution is 7.91. The number of nitrogens with zero attached hydrogens (tertiary/aromatic N) is 3. The highest BCUT2D eigenvalue weighted by Gasteiger charge is 2.20. The molecule has 0 atom stereocenters. The van der Waals surface area contributed by atoms with Crippen molar-refractivity contribution in [2.24, 2.45) is 0 Å². The van der Waals surface area contributed by atoms with Crippen LogP contribution in [0.1, 0.15) is 23.5 Å². The molecule has 1 aromatic carbocycles. The summed E-state index contributed by atoms with van der Waals surface area (Å²) < 4.78 is 27.3. The van der Waals surface area contributed by atoms with E-state index in [1.54, 1.807) is 0 Å². The van der Waals surface area contributed by atoms with Crippen LogP contribution in [0.3, 0.4) is 0 Å². The molecular weight excluding hydrogens is 407 g/mol. The van der Waals surface area contributed by atoms with Crippen molar-refractivity contribution < 1.29 is 8.42 Å². The van der Waals surface area contributed by atoms with Crippen LogP contribution in [-0.4, -0.2) is 28.7 Å². The van der Waals surface area contributed by atoms with Gasteiger partial charge in [0, 0.05) is 17.3 Å². The maximum Gasteiger partial charge on any atom is 0.179 e. The van der Waals surface area contributed by atoms with Crippen LogP contribution in [0.25, 0.3) is 11.0 Å². The summed E-state index contributed by atoms with van der Waals surface area (Å²) in [7, 11) is -3.51. The Hall–Kier alpha value is -1.83. The lowest BCUT2D eigenvalue weighted by Crippen LogP contribution is -2.11. The molecule has 0 saturated carbocycles. The lowest BCUT2D eigenvalue weighted by atomic mass is 10.2. The number of rotatable bonds is 5. The summed E-state index contributed by atoms with van der Waals surface area (Å²) in [5, 5.41) is 0.536. The largest absolute Gasteiger partial charge is 0.382 e. The summed E-state index contributed by atoms with van der Waals surface area (Å²) in [6.07, 6.45) is 0.411. The van der Waals surface area contributed by atoms with Gasteiger partial charge >= 0.3 is 0 Å². The molecule has 0 bridgehead atoms. The van der Waals surface area contributed by atoms with Crippen LogP contribution in [0.15, 0.2) is 23.1 Å². The second kappa shape index (κ2) is 7.30. The normalized spacial score (nSPS) is 12.0. The van der Waals surface area contributed by atoms with Crippen molar-refractivity contribution >= 4 is 49.9 Å². The lowest BCUT2D eigenvalue weighted by Gasteiger charge is -2.11.